The predicted molar refractivity (Wildman–Crippen MR) is 68.1 cm³/mol. The van der Waals surface area contributed by atoms with Crippen molar-refractivity contribution in [2.24, 2.45) is 0 Å². The van der Waals surface area contributed by atoms with Crippen LogP contribution in [0.2, 0.25) is 0 Å². The van der Waals surface area contributed by atoms with Gasteiger partial charge >= 0.3 is 0 Å². The molecule has 0 radical (unpaired) electrons. The third-order valence-corrected chi connectivity index (χ3v) is 4.94. The number of halogens is 3. The van der Waals surface area contributed by atoms with Crippen LogP contribution >= 0.6 is 11.8 Å². The number of hydrogen-bond acceptors (Lipinski definition) is 2. The van der Waals surface area contributed by atoms with Gasteiger partial charge in [0.15, 0.2) is 17.5 Å². The smallest absolute Gasteiger partial charge is 0.194 e. The van der Waals surface area contributed by atoms with Gasteiger partial charge < -0.3 is 5.32 Å². The third-order valence-electron chi connectivity index (χ3n) is 3.52. The summed E-state index contributed by atoms with van der Waals surface area (Å²) in [5.74, 6) is -3.66. The molecule has 0 heterocycles. The van der Waals surface area contributed by atoms with Crippen LogP contribution in [0, 0.1) is 17.5 Å². The summed E-state index contributed by atoms with van der Waals surface area (Å²) in [5.41, 5.74) is 0.432. The Bertz CT molecular complexity index is 404. The molecule has 1 nitrogen and oxygen atoms in total. The fourth-order valence-corrected chi connectivity index (χ4v) is 3.11. The van der Waals surface area contributed by atoms with E-state index in [0.717, 1.165) is 18.7 Å². The summed E-state index contributed by atoms with van der Waals surface area (Å²) in [7, 11) is 0. The van der Waals surface area contributed by atoms with Gasteiger partial charge in [-0.25, -0.2) is 13.2 Å². The Morgan fingerprint density at radius 1 is 1.22 bits per heavy atom. The quantitative estimate of drug-likeness (QED) is 0.826. The minimum Gasteiger partial charge on any atom is -0.311 e. The second-order valence-corrected chi connectivity index (χ2v) is 5.99. The molecule has 0 saturated heterocycles. The molecular formula is C13H16F3NS. The molecule has 1 aromatic rings. The summed E-state index contributed by atoms with van der Waals surface area (Å²) in [6.07, 6.45) is 5.67. The number of rotatable bonds is 5. The van der Waals surface area contributed by atoms with E-state index in [4.69, 9.17) is 0 Å². The molecule has 1 aliphatic carbocycles. The van der Waals surface area contributed by atoms with Gasteiger partial charge in [0.25, 0.3) is 0 Å². The van der Waals surface area contributed by atoms with Crippen molar-refractivity contribution in [3.63, 3.8) is 0 Å². The predicted octanol–water partition coefficient (Wildman–Crippen LogP) is 3.48. The first-order valence-electron chi connectivity index (χ1n) is 5.96. The summed E-state index contributed by atoms with van der Waals surface area (Å²) >= 11 is 1.83. The Hall–Kier alpha value is -0.680. The van der Waals surface area contributed by atoms with E-state index in [2.05, 4.69) is 11.6 Å². The maximum absolute atomic E-state index is 13.0. The van der Waals surface area contributed by atoms with Crippen molar-refractivity contribution < 1.29 is 13.2 Å². The molecule has 0 unspecified atom stereocenters. The van der Waals surface area contributed by atoms with Gasteiger partial charge in [0, 0.05) is 17.8 Å². The van der Waals surface area contributed by atoms with Gasteiger partial charge in [-0.1, -0.05) is 6.42 Å². The molecular weight excluding hydrogens is 259 g/mol. The Balaban J connectivity index is 1.90. The van der Waals surface area contributed by atoms with Gasteiger partial charge in [-0.2, -0.15) is 11.8 Å². The lowest BCUT2D eigenvalue weighted by Gasteiger charge is -2.40. The Morgan fingerprint density at radius 3 is 2.28 bits per heavy atom. The Morgan fingerprint density at radius 2 is 1.83 bits per heavy atom. The van der Waals surface area contributed by atoms with Gasteiger partial charge in [-0.05, 0) is 36.8 Å². The minimum absolute atomic E-state index is 0.275. The minimum atomic E-state index is -1.40. The first-order chi connectivity index (χ1) is 8.56. The molecule has 1 N–H and O–H groups in total. The van der Waals surface area contributed by atoms with Crippen molar-refractivity contribution in [3.05, 3.63) is 35.1 Å². The molecule has 1 saturated carbocycles. The van der Waals surface area contributed by atoms with E-state index in [0.29, 0.717) is 12.1 Å². The van der Waals surface area contributed by atoms with Crippen LogP contribution in [0.25, 0.3) is 0 Å². The first kappa shape index (κ1) is 13.7. The van der Waals surface area contributed by atoms with E-state index in [9.17, 15) is 13.2 Å². The molecule has 0 bridgehead atoms. The van der Waals surface area contributed by atoms with E-state index in [1.807, 2.05) is 11.8 Å². The highest BCUT2D eigenvalue weighted by Crippen LogP contribution is 2.42. The second-order valence-electron chi connectivity index (χ2n) is 4.72. The zero-order chi connectivity index (χ0) is 13.2. The fraction of sp³-hybridized carbons (Fsp3) is 0.538. The molecule has 2 rings (SSSR count). The van der Waals surface area contributed by atoms with E-state index < -0.39 is 17.5 Å². The summed E-state index contributed by atoms with van der Waals surface area (Å²) < 4.78 is 39.0. The zero-order valence-electron chi connectivity index (χ0n) is 10.2. The molecule has 5 heteroatoms. The average molecular weight is 275 g/mol. The van der Waals surface area contributed by atoms with Crippen LogP contribution in [0.4, 0.5) is 13.2 Å². The molecule has 1 aliphatic rings. The van der Waals surface area contributed by atoms with Crippen LogP contribution in [0.1, 0.15) is 24.8 Å². The van der Waals surface area contributed by atoms with Crippen molar-refractivity contribution in [2.45, 2.75) is 30.6 Å². The molecule has 0 amide bonds. The van der Waals surface area contributed by atoms with Crippen LogP contribution in [0.5, 0.6) is 0 Å². The Kier molecular flexibility index (Phi) is 4.22. The van der Waals surface area contributed by atoms with E-state index in [-0.39, 0.29) is 4.75 Å². The number of thioether (sulfide) groups is 1. The highest BCUT2D eigenvalue weighted by atomic mass is 32.2. The van der Waals surface area contributed by atoms with Crippen LogP contribution in [-0.4, -0.2) is 17.5 Å². The van der Waals surface area contributed by atoms with Crippen molar-refractivity contribution >= 4 is 11.8 Å². The number of benzene rings is 1. The summed E-state index contributed by atoms with van der Waals surface area (Å²) in [4.78, 5) is 0. The third kappa shape index (κ3) is 2.83. The lowest BCUT2D eigenvalue weighted by molar-refractivity contribution is 0.345. The maximum Gasteiger partial charge on any atom is 0.194 e. The number of hydrogen-bond donors (Lipinski definition) is 1. The zero-order valence-corrected chi connectivity index (χ0v) is 11.0. The fourth-order valence-electron chi connectivity index (χ4n) is 2.17. The summed E-state index contributed by atoms with van der Waals surface area (Å²) in [5, 5.41) is 3.19. The summed E-state index contributed by atoms with van der Waals surface area (Å²) in [6.45, 7) is 1.17. The van der Waals surface area contributed by atoms with Crippen LogP contribution in [-0.2, 0) is 6.54 Å². The normalized spacial score (nSPS) is 17.6. The standard InChI is InChI=1S/C13H16F3NS/c1-18-13(3-2-4-13)8-17-7-9-5-10(14)12(16)11(15)6-9/h5-6,17H,2-4,7-8H2,1H3. The number of nitrogens with one attached hydrogen (secondary N) is 1. The van der Waals surface area contributed by atoms with Crippen LogP contribution in [0.15, 0.2) is 12.1 Å². The molecule has 1 aromatic carbocycles. The van der Waals surface area contributed by atoms with Gasteiger partial charge in [0.2, 0.25) is 0 Å². The van der Waals surface area contributed by atoms with Crippen molar-refractivity contribution in [2.75, 3.05) is 12.8 Å². The van der Waals surface area contributed by atoms with Crippen LogP contribution < -0.4 is 5.32 Å². The SMILES string of the molecule is CSC1(CNCc2cc(F)c(F)c(F)c2)CCC1. The van der Waals surface area contributed by atoms with Crippen molar-refractivity contribution in [1.29, 1.82) is 0 Å². The van der Waals surface area contributed by atoms with E-state index in [1.54, 1.807) is 0 Å². The van der Waals surface area contributed by atoms with E-state index in [1.165, 1.54) is 19.3 Å². The van der Waals surface area contributed by atoms with Gasteiger partial charge in [0.1, 0.15) is 0 Å². The van der Waals surface area contributed by atoms with Crippen molar-refractivity contribution in [1.82, 2.24) is 5.32 Å². The topological polar surface area (TPSA) is 12.0 Å². The maximum atomic E-state index is 13.0. The second kappa shape index (κ2) is 5.53. The lowest BCUT2D eigenvalue weighted by atomic mass is 9.84. The van der Waals surface area contributed by atoms with Gasteiger partial charge in [-0.15, -0.1) is 0 Å². The molecule has 18 heavy (non-hydrogen) atoms. The Labute approximate surface area is 109 Å². The van der Waals surface area contributed by atoms with Gasteiger partial charge in [0.05, 0.1) is 0 Å². The molecule has 0 aliphatic heterocycles. The first-order valence-corrected chi connectivity index (χ1v) is 7.18. The summed E-state index contributed by atoms with van der Waals surface area (Å²) in [6, 6.07) is 2.08. The molecule has 0 aromatic heterocycles. The molecule has 0 atom stereocenters. The van der Waals surface area contributed by atoms with Crippen molar-refractivity contribution in [3.8, 4) is 0 Å². The molecule has 100 valence electrons. The molecule has 0 spiro atoms. The molecule has 1 fully saturated rings. The van der Waals surface area contributed by atoms with Gasteiger partial charge in [-0.3, -0.25) is 0 Å². The highest BCUT2D eigenvalue weighted by Gasteiger charge is 2.35. The average Bonchev–Trinajstić information content (AvgIpc) is 2.29. The highest BCUT2D eigenvalue weighted by molar-refractivity contribution is 8.00. The largest absolute Gasteiger partial charge is 0.311 e. The van der Waals surface area contributed by atoms with E-state index >= 15 is 0 Å². The lowest BCUT2D eigenvalue weighted by Crippen LogP contribution is -2.43. The monoisotopic (exact) mass is 275 g/mol. The van der Waals surface area contributed by atoms with Crippen LogP contribution in [0.3, 0.4) is 0 Å².